The fourth-order valence-electron chi connectivity index (χ4n) is 1.19. The van der Waals surface area contributed by atoms with Gasteiger partial charge in [-0.05, 0) is 18.2 Å². The van der Waals surface area contributed by atoms with Crippen LogP contribution in [0.1, 0.15) is 5.56 Å². The molecule has 6 heteroatoms. The van der Waals surface area contributed by atoms with E-state index in [1.165, 1.54) is 0 Å². The molecular weight excluding hydrogens is 228 g/mol. The van der Waals surface area contributed by atoms with Crippen LogP contribution in [0.5, 0.6) is 0 Å². The van der Waals surface area contributed by atoms with E-state index in [0.29, 0.717) is 0 Å². The molecule has 0 spiro atoms. The van der Waals surface area contributed by atoms with Crippen LogP contribution in [-0.4, -0.2) is 19.0 Å². The van der Waals surface area contributed by atoms with E-state index in [9.17, 15) is 13.6 Å². The summed E-state index contributed by atoms with van der Waals surface area (Å²) in [6, 6.07) is 4.88. The Bertz CT molecular complexity index is 443. The summed E-state index contributed by atoms with van der Waals surface area (Å²) in [5.41, 5.74) is 0.151. The van der Waals surface area contributed by atoms with Crippen LogP contribution in [-0.2, 0) is 11.3 Å². The van der Waals surface area contributed by atoms with Gasteiger partial charge in [-0.2, -0.15) is 5.26 Å². The van der Waals surface area contributed by atoms with Crippen LogP contribution < -0.4 is 10.6 Å². The molecule has 0 aliphatic heterocycles. The maximum Gasteiger partial charge on any atom is 0.234 e. The van der Waals surface area contributed by atoms with Crippen LogP contribution >= 0.6 is 0 Å². The van der Waals surface area contributed by atoms with E-state index >= 15 is 0 Å². The first-order chi connectivity index (χ1) is 8.13. The van der Waals surface area contributed by atoms with Crippen molar-refractivity contribution < 1.29 is 13.6 Å². The van der Waals surface area contributed by atoms with E-state index in [1.807, 2.05) is 0 Å². The number of hydrogen-bond acceptors (Lipinski definition) is 3. The van der Waals surface area contributed by atoms with Gasteiger partial charge in [-0.3, -0.25) is 4.79 Å². The molecule has 0 aromatic heterocycles. The molecule has 0 unspecified atom stereocenters. The van der Waals surface area contributed by atoms with Crippen LogP contribution in [0.15, 0.2) is 18.2 Å². The van der Waals surface area contributed by atoms with E-state index in [-0.39, 0.29) is 31.1 Å². The van der Waals surface area contributed by atoms with Crippen molar-refractivity contribution >= 4 is 5.91 Å². The Kier molecular flexibility index (Phi) is 5.04. The Labute approximate surface area is 97.2 Å². The van der Waals surface area contributed by atoms with E-state index in [1.54, 1.807) is 6.07 Å². The Morgan fingerprint density at radius 1 is 1.41 bits per heavy atom. The summed E-state index contributed by atoms with van der Waals surface area (Å²) < 4.78 is 25.9. The average molecular weight is 239 g/mol. The van der Waals surface area contributed by atoms with Crippen LogP contribution in [0.3, 0.4) is 0 Å². The minimum atomic E-state index is -0.531. The highest BCUT2D eigenvalue weighted by atomic mass is 19.1. The molecule has 2 N–H and O–H groups in total. The Morgan fingerprint density at radius 2 is 2.18 bits per heavy atom. The second-order valence-electron chi connectivity index (χ2n) is 3.27. The van der Waals surface area contributed by atoms with Crippen molar-refractivity contribution in [2.75, 3.05) is 13.1 Å². The Morgan fingerprint density at radius 3 is 2.88 bits per heavy atom. The molecule has 0 heterocycles. The third-order valence-electron chi connectivity index (χ3n) is 1.97. The largest absolute Gasteiger partial charge is 0.342 e. The topological polar surface area (TPSA) is 64.9 Å². The Hall–Kier alpha value is -2.00. The zero-order valence-electron chi connectivity index (χ0n) is 8.96. The molecule has 0 atom stereocenters. The van der Waals surface area contributed by atoms with E-state index in [0.717, 1.165) is 18.2 Å². The average Bonchev–Trinajstić information content (AvgIpc) is 2.31. The van der Waals surface area contributed by atoms with Gasteiger partial charge in [-0.25, -0.2) is 8.78 Å². The lowest BCUT2D eigenvalue weighted by molar-refractivity contribution is -0.120. The van der Waals surface area contributed by atoms with Gasteiger partial charge < -0.3 is 10.6 Å². The van der Waals surface area contributed by atoms with Crippen LogP contribution in [0.4, 0.5) is 8.78 Å². The lowest BCUT2D eigenvalue weighted by Gasteiger charge is -2.05. The molecule has 1 rings (SSSR count). The summed E-state index contributed by atoms with van der Waals surface area (Å²) >= 11 is 0. The monoisotopic (exact) mass is 239 g/mol. The van der Waals surface area contributed by atoms with Gasteiger partial charge in [0.15, 0.2) is 0 Å². The molecule has 0 saturated heterocycles. The normalized spacial score (nSPS) is 9.71. The van der Waals surface area contributed by atoms with Crippen LogP contribution in [0.25, 0.3) is 0 Å². The van der Waals surface area contributed by atoms with Crippen LogP contribution in [0, 0.1) is 23.0 Å². The summed E-state index contributed by atoms with van der Waals surface area (Å²) in [6.07, 6.45) is 0. The molecule has 0 fully saturated rings. The van der Waals surface area contributed by atoms with Gasteiger partial charge >= 0.3 is 0 Å². The molecule has 1 amide bonds. The zero-order valence-corrected chi connectivity index (χ0v) is 8.96. The maximum absolute atomic E-state index is 13.1. The fourth-order valence-corrected chi connectivity index (χ4v) is 1.19. The summed E-state index contributed by atoms with van der Waals surface area (Å²) in [5, 5.41) is 13.2. The van der Waals surface area contributed by atoms with Crippen molar-refractivity contribution in [3.05, 3.63) is 35.4 Å². The van der Waals surface area contributed by atoms with Crippen molar-refractivity contribution in [2.45, 2.75) is 6.54 Å². The lowest BCUT2D eigenvalue weighted by Crippen LogP contribution is -2.33. The number of benzene rings is 1. The third-order valence-corrected chi connectivity index (χ3v) is 1.97. The van der Waals surface area contributed by atoms with Gasteiger partial charge in [-0.15, -0.1) is 0 Å². The molecule has 0 radical (unpaired) electrons. The molecular formula is C11H11F2N3O. The minimum Gasteiger partial charge on any atom is -0.342 e. The first-order valence-corrected chi connectivity index (χ1v) is 4.92. The fraction of sp³-hybridized carbons (Fsp3) is 0.273. The summed E-state index contributed by atoms with van der Waals surface area (Å²) in [6.45, 7) is -0.0873. The number of hydrogen-bond donors (Lipinski definition) is 2. The second-order valence-corrected chi connectivity index (χ2v) is 3.27. The molecule has 0 aliphatic carbocycles. The van der Waals surface area contributed by atoms with E-state index in [2.05, 4.69) is 10.6 Å². The zero-order chi connectivity index (χ0) is 12.7. The predicted molar refractivity (Wildman–Crippen MR) is 56.7 cm³/mol. The molecule has 0 aliphatic rings. The first-order valence-electron chi connectivity index (χ1n) is 4.92. The second kappa shape index (κ2) is 6.55. The number of rotatable bonds is 5. The van der Waals surface area contributed by atoms with Crippen molar-refractivity contribution in [1.29, 1.82) is 5.26 Å². The summed E-state index contributed by atoms with van der Waals surface area (Å²) in [5.74, 6) is -1.43. The molecule has 0 saturated carbocycles. The minimum absolute atomic E-state index is 0.0452. The highest BCUT2D eigenvalue weighted by Gasteiger charge is 2.04. The number of nitriles is 1. The smallest absolute Gasteiger partial charge is 0.234 e. The lowest BCUT2D eigenvalue weighted by atomic mass is 10.2. The highest BCUT2D eigenvalue weighted by molar-refractivity contribution is 5.78. The van der Waals surface area contributed by atoms with Gasteiger partial charge in [0.2, 0.25) is 5.91 Å². The standard InChI is InChI=1S/C11H11F2N3O/c12-9-1-2-10(13)8(5-9)6-15-7-11(17)16-4-3-14/h1-2,5,15H,4,6-7H2,(H,16,17). The molecule has 1 aromatic rings. The van der Waals surface area contributed by atoms with Gasteiger partial charge in [0.05, 0.1) is 12.6 Å². The summed E-state index contributed by atoms with van der Waals surface area (Å²) in [7, 11) is 0. The molecule has 17 heavy (non-hydrogen) atoms. The summed E-state index contributed by atoms with van der Waals surface area (Å²) in [4.78, 5) is 11.1. The number of amides is 1. The van der Waals surface area contributed by atoms with Gasteiger partial charge in [0, 0.05) is 12.1 Å². The third kappa shape index (κ3) is 4.57. The van der Waals surface area contributed by atoms with E-state index < -0.39 is 11.6 Å². The number of carbonyl (C=O) groups is 1. The SMILES string of the molecule is N#CCNC(=O)CNCc1cc(F)ccc1F. The van der Waals surface area contributed by atoms with Gasteiger partial charge in [0.25, 0.3) is 0 Å². The molecule has 1 aromatic carbocycles. The van der Waals surface area contributed by atoms with Crippen molar-refractivity contribution in [3.8, 4) is 6.07 Å². The van der Waals surface area contributed by atoms with Crippen molar-refractivity contribution in [2.24, 2.45) is 0 Å². The molecule has 90 valence electrons. The number of nitrogens with one attached hydrogen (secondary N) is 2. The first kappa shape index (κ1) is 13.1. The maximum atomic E-state index is 13.1. The van der Waals surface area contributed by atoms with Gasteiger partial charge in [0.1, 0.15) is 18.2 Å². The quantitative estimate of drug-likeness (QED) is 0.743. The predicted octanol–water partition coefficient (Wildman–Crippen LogP) is 0.694. The van der Waals surface area contributed by atoms with Crippen molar-refractivity contribution in [3.63, 3.8) is 0 Å². The number of carbonyl (C=O) groups excluding carboxylic acids is 1. The van der Waals surface area contributed by atoms with E-state index in [4.69, 9.17) is 5.26 Å². The number of nitrogens with zero attached hydrogens (tertiary/aromatic N) is 1. The highest BCUT2D eigenvalue weighted by Crippen LogP contribution is 2.08. The molecule has 4 nitrogen and oxygen atoms in total. The van der Waals surface area contributed by atoms with Gasteiger partial charge in [-0.1, -0.05) is 0 Å². The Balaban J connectivity index is 2.38. The van der Waals surface area contributed by atoms with Crippen LogP contribution in [0.2, 0.25) is 0 Å². The molecule has 0 bridgehead atoms. The van der Waals surface area contributed by atoms with Crippen molar-refractivity contribution in [1.82, 2.24) is 10.6 Å². The number of halogens is 2.